The van der Waals surface area contributed by atoms with E-state index in [1.165, 1.54) is 19.2 Å². The smallest absolute Gasteiger partial charge is 0.308 e. The Labute approximate surface area is 201 Å². The second-order valence-electron chi connectivity index (χ2n) is 7.96. The van der Waals surface area contributed by atoms with Crippen molar-refractivity contribution in [1.82, 2.24) is 10.5 Å². The first-order valence-corrected chi connectivity index (χ1v) is 11.2. The molecule has 0 unspecified atom stereocenters. The number of hydrogen-bond donors (Lipinski definition) is 2. The number of nitrogens with one attached hydrogen (secondary N) is 1. The van der Waals surface area contributed by atoms with Crippen LogP contribution < -0.4 is 5.32 Å². The summed E-state index contributed by atoms with van der Waals surface area (Å²) < 4.78 is 24.3. The number of aromatic nitrogens is 1. The Morgan fingerprint density at radius 1 is 1.21 bits per heavy atom. The molecule has 2 N–H and O–H groups in total. The molecule has 0 aliphatic carbocycles. The van der Waals surface area contributed by atoms with Crippen LogP contribution in [0.15, 0.2) is 53.1 Å². The van der Waals surface area contributed by atoms with E-state index in [-0.39, 0.29) is 24.6 Å². The monoisotopic (exact) mass is 488 g/mol. The standard InChI is InChI=1S/C25H26ClFN2O5/c1-3-19-13-23(34-29-19)24(30)28-20(11-17(14-33-2)25(31)32)10-15-4-6-16(7-5-15)21-12-18(26)8-9-22(21)27/h4-9,12-13,17,20H,3,10-11,14H2,1-2H3,(H,28,30)(H,31,32)/t17-,20+/m0/s1. The predicted octanol–water partition coefficient (Wildman–Crippen LogP) is 4.77. The zero-order valence-corrected chi connectivity index (χ0v) is 19.6. The molecular formula is C25H26ClFN2O5. The fraction of sp³-hybridized carbons (Fsp3) is 0.320. The Morgan fingerprint density at radius 3 is 2.56 bits per heavy atom. The van der Waals surface area contributed by atoms with Crippen LogP contribution in [0.4, 0.5) is 4.39 Å². The highest BCUT2D eigenvalue weighted by molar-refractivity contribution is 6.30. The minimum absolute atomic E-state index is 0.0109. The van der Waals surface area contributed by atoms with Crippen LogP contribution in [0.1, 0.15) is 35.2 Å². The molecule has 180 valence electrons. The number of ether oxygens (including phenoxy) is 1. The van der Waals surface area contributed by atoms with Crippen LogP contribution in [0.25, 0.3) is 11.1 Å². The number of benzene rings is 2. The third kappa shape index (κ3) is 6.65. The molecule has 0 saturated heterocycles. The van der Waals surface area contributed by atoms with Crippen molar-refractivity contribution in [2.45, 2.75) is 32.2 Å². The fourth-order valence-corrected chi connectivity index (χ4v) is 3.82. The van der Waals surface area contributed by atoms with Crippen molar-refractivity contribution in [3.63, 3.8) is 0 Å². The number of hydrogen-bond acceptors (Lipinski definition) is 5. The third-order valence-corrected chi connectivity index (χ3v) is 5.68. The minimum Gasteiger partial charge on any atom is -0.481 e. The summed E-state index contributed by atoms with van der Waals surface area (Å²) in [4.78, 5) is 24.4. The van der Waals surface area contributed by atoms with Gasteiger partial charge in [0.1, 0.15) is 5.82 Å². The van der Waals surface area contributed by atoms with Crippen molar-refractivity contribution in [2.75, 3.05) is 13.7 Å². The number of aliphatic carboxylic acids is 1. The van der Waals surface area contributed by atoms with E-state index in [2.05, 4.69) is 10.5 Å². The molecule has 7 nitrogen and oxygen atoms in total. The summed E-state index contributed by atoms with van der Waals surface area (Å²) in [6, 6.07) is 12.5. The number of rotatable bonds is 11. The maximum Gasteiger partial charge on any atom is 0.308 e. The van der Waals surface area contributed by atoms with Crippen LogP contribution in [0.5, 0.6) is 0 Å². The van der Waals surface area contributed by atoms with E-state index >= 15 is 0 Å². The zero-order valence-electron chi connectivity index (χ0n) is 18.9. The van der Waals surface area contributed by atoms with Gasteiger partial charge in [-0.15, -0.1) is 0 Å². The van der Waals surface area contributed by atoms with Crippen molar-refractivity contribution in [1.29, 1.82) is 0 Å². The number of aryl methyl sites for hydroxylation is 1. The molecule has 2 atom stereocenters. The summed E-state index contributed by atoms with van der Waals surface area (Å²) >= 11 is 6.00. The maximum absolute atomic E-state index is 14.2. The number of nitrogens with zero attached hydrogens (tertiary/aromatic N) is 1. The van der Waals surface area contributed by atoms with E-state index < -0.39 is 23.8 Å². The Hall–Kier alpha value is -3.23. The lowest BCUT2D eigenvalue weighted by Gasteiger charge is -2.22. The van der Waals surface area contributed by atoms with Gasteiger partial charge in [-0.25, -0.2) is 4.39 Å². The van der Waals surface area contributed by atoms with Gasteiger partial charge < -0.3 is 19.7 Å². The normalized spacial score (nSPS) is 12.8. The highest BCUT2D eigenvalue weighted by Crippen LogP contribution is 2.27. The molecular weight excluding hydrogens is 463 g/mol. The summed E-state index contributed by atoms with van der Waals surface area (Å²) in [7, 11) is 1.43. The summed E-state index contributed by atoms with van der Waals surface area (Å²) in [6.07, 6.45) is 1.12. The van der Waals surface area contributed by atoms with E-state index in [1.807, 2.05) is 19.1 Å². The van der Waals surface area contributed by atoms with Crippen LogP contribution in [0, 0.1) is 11.7 Å². The molecule has 1 amide bonds. The second-order valence-corrected chi connectivity index (χ2v) is 8.39. The molecule has 3 rings (SSSR count). The molecule has 3 aromatic rings. The van der Waals surface area contributed by atoms with Gasteiger partial charge in [0, 0.05) is 29.8 Å². The van der Waals surface area contributed by atoms with E-state index in [1.54, 1.807) is 24.3 Å². The van der Waals surface area contributed by atoms with Gasteiger partial charge in [0.25, 0.3) is 5.91 Å². The summed E-state index contributed by atoms with van der Waals surface area (Å²) in [5.41, 5.74) is 2.52. The molecule has 0 radical (unpaired) electrons. The first-order chi connectivity index (χ1) is 16.3. The van der Waals surface area contributed by atoms with Crippen LogP contribution in [-0.2, 0) is 22.4 Å². The number of carboxylic acid groups (broad SMARTS) is 1. The van der Waals surface area contributed by atoms with Gasteiger partial charge in [0.15, 0.2) is 0 Å². The Kier molecular flexibility index (Phi) is 8.79. The molecule has 9 heteroatoms. The highest BCUT2D eigenvalue weighted by Gasteiger charge is 2.25. The van der Waals surface area contributed by atoms with Crippen molar-refractivity contribution >= 4 is 23.5 Å². The van der Waals surface area contributed by atoms with Gasteiger partial charge in [-0.1, -0.05) is 47.9 Å². The van der Waals surface area contributed by atoms with E-state index in [0.717, 1.165) is 5.56 Å². The van der Waals surface area contributed by atoms with Gasteiger partial charge in [-0.3, -0.25) is 9.59 Å². The van der Waals surface area contributed by atoms with Crippen LogP contribution in [-0.4, -0.2) is 41.9 Å². The molecule has 0 saturated carbocycles. The first kappa shape index (κ1) is 25.4. The Bertz CT molecular complexity index is 1130. The molecule has 1 aromatic heterocycles. The molecule has 0 aliphatic rings. The number of carboxylic acids is 1. The minimum atomic E-state index is -1.01. The lowest BCUT2D eigenvalue weighted by Crippen LogP contribution is -2.39. The van der Waals surface area contributed by atoms with E-state index in [9.17, 15) is 19.1 Å². The van der Waals surface area contributed by atoms with E-state index in [0.29, 0.717) is 34.7 Å². The van der Waals surface area contributed by atoms with Gasteiger partial charge >= 0.3 is 5.97 Å². The van der Waals surface area contributed by atoms with E-state index in [4.69, 9.17) is 20.9 Å². The van der Waals surface area contributed by atoms with Crippen molar-refractivity contribution in [2.24, 2.45) is 5.92 Å². The van der Waals surface area contributed by atoms with Gasteiger partial charge in [0.05, 0.1) is 18.2 Å². The van der Waals surface area contributed by atoms with Crippen LogP contribution in [0.2, 0.25) is 5.02 Å². The molecule has 1 heterocycles. The maximum atomic E-state index is 14.2. The molecule has 34 heavy (non-hydrogen) atoms. The largest absolute Gasteiger partial charge is 0.481 e. The Morgan fingerprint density at radius 2 is 1.94 bits per heavy atom. The number of carbonyl (C=O) groups excluding carboxylic acids is 1. The first-order valence-electron chi connectivity index (χ1n) is 10.8. The van der Waals surface area contributed by atoms with Gasteiger partial charge in [0.2, 0.25) is 5.76 Å². The molecule has 2 aromatic carbocycles. The predicted molar refractivity (Wildman–Crippen MR) is 125 cm³/mol. The topological polar surface area (TPSA) is 102 Å². The van der Waals surface area contributed by atoms with Crippen LogP contribution >= 0.6 is 11.6 Å². The van der Waals surface area contributed by atoms with Crippen molar-refractivity contribution < 1.29 is 28.3 Å². The molecule has 0 spiro atoms. The molecule has 0 aliphatic heterocycles. The summed E-state index contributed by atoms with van der Waals surface area (Å²) in [5, 5.41) is 16.7. The van der Waals surface area contributed by atoms with Gasteiger partial charge in [-0.05, 0) is 48.6 Å². The van der Waals surface area contributed by atoms with Gasteiger partial charge in [-0.2, -0.15) is 0 Å². The zero-order chi connectivity index (χ0) is 24.7. The number of methoxy groups -OCH3 is 1. The second kappa shape index (κ2) is 11.8. The number of halogens is 2. The SMILES string of the molecule is CCc1cc(C(=O)N[C@H](Cc2ccc(-c3cc(Cl)ccc3F)cc2)C[C@@H](COC)C(=O)O)on1. The third-order valence-electron chi connectivity index (χ3n) is 5.44. The number of carbonyl (C=O) groups is 2. The average molecular weight is 489 g/mol. The fourth-order valence-electron chi connectivity index (χ4n) is 3.64. The molecule has 0 fully saturated rings. The van der Waals surface area contributed by atoms with Crippen molar-refractivity contribution in [3.05, 3.63) is 76.4 Å². The average Bonchev–Trinajstić information content (AvgIpc) is 3.30. The summed E-state index contributed by atoms with van der Waals surface area (Å²) in [6.45, 7) is 1.90. The molecule has 0 bridgehead atoms. The van der Waals surface area contributed by atoms with Crippen LogP contribution in [0.3, 0.4) is 0 Å². The quantitative estimate of drug-likeness (QED) is 0.403. The Balaban J connectivity index is 1.80. The lowest BCUT2D eigenvalue weighted by molar-refractivity contribution is -0.144. The number of amides is 1. The summed E-state index contributed by atoms with van der Waals surface area (Å²) in [5.74, 6) is -2.62. The lowest BCUT2D eigenvalue weighted by atomic mass is 9.94. The highest BCUT2D eigenvalue weighted by atomic mass is 35.5. The van der Waals surface area contributed by atoms with Crippen molar-refractivity contribution in [3.8, 4) is 11.1 Å².